The predicted octanol–water partition coefficient (Wildman–Crippen LogP) is 1.15. The minimum absolute atomic E-state index is 0.0139. The molecule has 0 radical (unpaired) electrons. The van der Waals surface area contributed by atoms with Crippen LogP contribution in [0.2, 0.25) is 0 Å². The van der Waals surface area contributed by atoms with E-state index in [4.69, 9.17) is 9.90 Å². The van der Waals surface area contributed by atoms with Gasteiger partial charge in [-0.05, 0) is 12.1 Å². The summed E-state index contributed by atoms with van der Waals surface area (Å²) < 4.78 is 13.0. The second-order valence-corrected chi connectivity index (χ2v) is 2.88. The highest BCUT2D eigenvalue weighted by molar-refractivity contribution is 5.77. The molecule has 1 aromatic heterocycles. The van der Waals surface area contributed by atoms with E-state index in [1.165, 1.54) is 18.5 Å². The molecule has 0 spiro atoms. The summed E-state index contributed by atoms with van der Waals surface area (Å²) in [4.78, 5) is 26.2. The Morgan fingerprint density at radius 3 is 2.69 bits per heavy atom. The Morgan fingerprint density at radius 1 is 1.50 bits per heavy atom. The first-order valence-electron chi connectivity index (χ1n) is 4.34. The third kappa shape index (κ3) is 2.88. The van der Waals surface area contributed by atoms with Crippen molar-refractivity contribution in [3.63, 3.8) is 0 Å². The van der Waals surface area contributed by atoms with Crippen molar-refractivity contribution in [3.8, 4) is 0 Å². The lowest BCUT2D eigenvalue weighted by atomic mass is 10.2. The average molecular weight is 224 g/mol. The molecule has 2 aromatic rings. The van der Waals surface area contributed by atoms with Crippen LogP contribution in [0.5, 0.6) is 0 Å². The summed E-state index contributed by atoms with van der Waals surface area (Å²) in [5.41, 5.74) is -0.0724. The summed E-state index contributed by atoms with van der Waals surface area (Å²) in [6.45, 7) is 1.08. The zero-order chi connectivity index (χ0) is 12.1. The fraction of sp³-hybridized carbons (Fsp3) is 0.100. The zero-order valence-electron chi connectivity index (χ0n) is 8.40. The molecule has 1 aromatic carbocycles. The Hall–Kier alpha value is -2.24. The molecule has 2 rings (SSSR count). The number of benzene rings is 1. The Morgan fingerprint density at radius 2 is 2.12 bits per heavy atom. The van der Waals surface area contributed by atoms with Gasteiger partial charge in [-0.1, -0.05) is 6.07 Å². The van der Waals surface area contributed by atoms with E-state index in [2.05, 4.69) is 9.97 Å². The largest absolute Gasteiger partial charge is 0.481 e. The molecule has 5 nitrogen and oxygen atoms in total. The smallest absolute Gasteiger partial charge is 0.300 e. The summed E-state index contributed by atoms with van der Waals surface area (Å²) >= 11 is 0. The Labute approximate surface area is 89.6 Å². The lowest BCUT2D eigenvalue weighted by Gasteiger charge is -1.94. The summed E-state index contributed by atoms with van der Waals surface area (Å²) in [5.74, 6) is -1.37. The number of aromatic amines is 1. The molecule has 0 aliphatic rings. The van der Waals surface area contributed by atoms with Crippen LogP contribution in [0.15, 0.2) is 29.3 Å². The van der Waals surface area contributed by atoms with Crippen LogP contribution in [0.25, 0.3) is 10.9 Å². The number of aliphatic carboxylic acids is 1. The zero-order valence-corrected chi connectivity index (χ0v) is 8.40. The van der Waals surface area contributed by atoms with Gasteiger partial charge in [0.1, 0.15) is 11.2 Å². The molecule has 0 saturated carbocycles. The molecule has 2 N–H and O–H groups in total. The maximum absolute atomic E-state index is 13.0. The number of halogens is 1. The number of hydrogen-bond donors (Lipinski definition) is 2. The van der Waals surface area contributed by atoms with Crippen molar-refractivity contribution in [1.29, 1.82) is 0 Å². The van der Waals surface area contributed by atoms with E-state index in [0.29, 0.717) is 5.52 Å². The first-order valence-corrected chi connectivity index (χ1v) is 4.34. The first-order chi connectivity index (χ1) is 7.52. The summed E-state index contributed by atoms with van der Waals surface area (Å²) in [6, 6.07) is 4.34. The molecule has 0 aliphatic carbocycles. The van der Waals surface area contributed by atoms with Gasteiger partial charge in [-0.15, -0.1) is 0 Å². The van der Waals surface area contributed by atoms with Crippen molar-refractivity contribution < 1.29 is 14.3 Å². The van der Waals surface area contributed by atoms with Gasteiger partial charge in [0, 0.05) is 6.92 Å². The third-order valence-electron chi connectivity index (χ3n) is 1.62. The van der Waals surface area contributed by atoms with Crippen molar-refractivity contribution >= 4 is 16.9 Å². The minimum Gasteiger partial charge on any atom is -0.481 e. The minimum atomic E-state index is -0.833. The molecular formula is C10H9FN2O3. The quantitative estimate of drug-likeness (QED) is 0.703. The standard InChI is InChI=1S/C8H5FN2O.C2H4O2/c9-5-2-1-3-6-7(5)8(12)11-4-10-6;1-2(3)4/h1-4H,(H,10,11,12);1H3,(H,3,4). The van der Waals surface area contributed by atoms with Crippen LogP contribution in [0.4, 0.5) is 4.39 Å². The normalized spacial score (nSPS) is 9.38. The van der Waals surface area contributed by atoms with Gasteiger partial charge in [0.15, 0.2) is 0 Å². The topological polar surface area (TPSA) is 83.0 Å². The Balaban J connectivity index is 0.000000280. The SMILES string of the molecule is CC(=O)O.O=c1[nH]cnc2cccc(F)c12. The lowest BCUT2D eigenvalue weighted by Crippen LogP contribution is -2.07. The second kappa shape index (κ2) is 5.01. The van der Waals surface area contributed by atoms with Crippen LogP contribution in [0.3, 0.4) is 0 Å². The Kier molecular flexibility index (Phi) is 3.71. The highest BCUT2D eigenvalue weighted by Gasteiger charge is 2.03. The number of hydrogen-bond acceptors (Lipinski definition) is 3. The van der Waals surface area contributed by atoms with E-state index in [9.17, 15) is 9.18 Å². The van der Waals surface area contributed by atoms with Gasteiger partial charge in [-0.25, -0.2) is 9.37 Å². The van der Waals surface area contributed by atoms with Crippen molar-refractivity contribution in [3.05, 3.63) is 40.7 Å². The van der Waals surface area contributed by atoms with Crippen LogP contribution in [-0.2, 0) is 4.79 Å². The molecule has 0 atom stereocenters. The summed E-state index contributed by atoms with van der Waals surface area (Å²) in [6.07, 6.45) is 1.25. The summed E-state index contributed by atoms with van der Waals surface area (Å²) in [7, 11) is 0. The molecule has 6 heteroatoms. The van der Waals surface area contributed by atoms with Gasteiger partial charge in [-0.2, -0.15) is 0 Å². The number of rotatable bonds is 0. The molecule has 16 heavy (non-hydrogen) atoms. The number of nitrogens with one attached hydrogen (secondary N) is 1. The first kappa shape index (κ1) is 11.8. The molecule has 0 fully saturated rings. The van der Waals surface area contributed by atoms with E-state index >= 15 is 0 Å². The second-order valence-electron chi connectivity index (χ2n) is 2.88. The van der Waals surface area contributed by atoms with Gasteiger partial charge in [-0.3, -0.25) is 9.59 Å². The molecule has 0 aliphatic heterocycles. The van der Waals surface area contributed by atoms with Crippen molar-refractivity contribution in [1.82, 2.24) is 9.97 Å². The third-order valence-corrected chi connectivity index (χ3v) is 1.62. The molecule has 1 heterocycles. The maximum atomic E-state index is 13.0. The highest BCUT2D eigenvalue weighted by atomic mass is 19.1. The fourth-order valence-electron chi connectivity index (χ4n) is 1.08. The summed E-state index contributed by atoms with van der Waals surface area (Å²) in [5, 5.41) is 7.43. The van der Waals surface area contributed by atoms with Crippen LogP contribution in [-0.4, -0.2) is 21.0 Å². The molecule has 0 unspecified atom stereocenters. The van der Waals surface area contributed by atoms with Gasteiger partial charge < -0.3 is 10.1 Å². The van der Waals surface area contributed by atoms with E-state index in [1.54, 1.807) is 6.07 Å². The van der Waals surface area contributed by atoms with E-state index in [1.807, 2.05) is 0 Å². The number of nitrogens with zero attached hydrogens (tertiary/aromatic N) is 1. The average Bonchev–Trinajstić information content (AvgIpc) is 2.17. The fourth-order valence-corrected chi connectivity index (χ4v) is 1.08. The van der Waals surface area contributed by atoms with E-state index in [0.717, 1.165) is 6.92 Å². The maximum Gasteiger partial charge on any atom is 0.300 e. The predicted molar refractivity (Wildman–Crippen MR) is 55.6 cm³/mol. The van der Waals surface area contributed by atoms with Crippen LogP contribution in [0.1, 0.15) is 6.92 Å². The lowest BCUT2D eigenvalue weighted by molar-refractivity contribution is -0.134. The number of H-pyrrole nitrogens is 1. The van der Waals surface area contributed by atoms with Gasteiger partial charge >= 0.3 is 0 Å². The van der Waals surface area contributed by atoms with E-state index < -0.39 is 17.3 Å². The number of carboxylic acid groups (broad SMARTS) is 1. The Bertz CT molecular complexity index is 556. The van der Waals surface area contributed by atoms with E-state index in [-0.39, 0.29) is 5.39 Å². The van der Waals surface area contributed by atoms with Crippen molar-refractivity contribution in [2.75, 3.05) is 0 Å². The molecular weight excluding hydrogens is 215 g/mol. The highest BCUT2D eigenvalue weighted by Crippen LogP contribution is 2.08. The molecule has 0 amide bonds. The van der Waals surface area contributed by atoms with Gasteiger partial charge in [0.05, 0.1) is 11.8 Å². The van der Waals surface area contributed by atoms with Crippen molar-refractivity contribution in [2.45, 2.75) is 6.92 Å². The number of fused-ring (bicyclic) bond motifs is 1. The molecule has 0 bridgehead atoms. The van der Waals surface area contributed by atoms with Crippen molar-refractivity contribution in [2.24, 2.45) is 0 Å². The monoisotopic (exact) mass is 224 g/mol. The number of carboxylic acids is 1. The van der Waals surface area contributed by atoms with Crippen LogP contribution in [0, 0.1) is 5.82 Å². The molecule has 84 valence electrons. The van der Waals surface area contributed by atoms with Gasteiger partial charge in [0.25, 0.3) is 11.5 Å². The van der Waals surface area contributed by atoms with Gasteiger partial charge in [0.2, 0.25) is 0 Å². The molecule has 0 saturated heterocycles. The number of aromatic nitrogens is 2. The van der Waals surface area contributed by atoms with Crippen LogP contribution >= 0.6 is 0 Å². The van der Waals surface area contributed by atoms with Crippen LogP contribution < -0.4 is 5.56 Å². The number of carbonyl (C=O) groups is 1.